The number of rotatable bonds is 5. The number of benzene rings is 1. The van der Waals surface area contributed by atoms with Gasteiger partial charge in [0.25, 0.3) is 5.56 Å². The molecule has 1 saturated carbocycles. The maximum Gasteiger partial charge on any atom is 0.342 e. The molecule has 0 radical (unpaired) electrons. The Kier molecular flexibility index (Phi) is 5.35. The molecule has 0 spiro atoms. The summed E-state index contributed by atoms with van der Waals surface area (Å²) in [6.07, 6.45) is 7.69. The first kappa shape index (κ1) is 18.1. The molecule has 6 nitrogen and oxygen atoms in total. The number of hydrogen-bond donors (Lipinski definition) is 1. The minimum atomic E-state index is -1.39. The number of aromatic nitrogens is 2. The van der Waals surface area contributed by atoms with Gasteiger partial charge in [-0.05, 0) is 36.6 Å². The Morgan fingerprint density at radius 1 is 1.12 bits per heavy atom. The Morgan fingerprint density at radius 3 is 2.38 bits per heavy atom. The zero-order valence-electron chi connectivity index (χ0n) is 14.4. The van der Waals surface area contributed by atoms with Crippen LogP contribution in [0.15, 0.2) is 40.1 Å². The third-order valence-corrected chi connectivity index (χ3v) is 4.97. The lowest BCUT2D eigenvalue weighted by Crippen LogP contribution is -2.41. The number of hydrogen-bond acceptors (Lipinski definition) is 3. The van der Waals surface area contributed by atoms with Gasteiger partial charge in [-0.3, -0.25) is 9.36 Å². The molecule has 0 bridgehead atoms. The summed E-state index contributed by atoms with van der Waals surface area (Å²) in [7, 11) is 0. The Labute approximate surface area is 149 Å². The van der Waals surface area contributed by atoms with E-state index in [9.17, 15) is 23.9 Å². The zero-order valence-corrected chi connectivity index (χ0v) is 14.4. The molecule has 1 fully saturated rings. The van der Waals surface area contributed by atoms with Crippen LogP contribution in [-0.4, -0.2) is 20.2 Å². The van der Waals surface area contributed by atoms with Crippen molar-refractivity contribution in [1.82, 2.24) is 9.13 Å². The summed E-state index contributed by atoms with van der Waals surface area (Å²) in [5.41, 5.74) is -1.85. The summed E-state index contributed by atoms with van der Waals surface area (Å²) in [4.78, 5) is 36.7. The molecule has 0 saturated heterocycles. The van der Waals surface area contributed by atoms with E-state index in [-0.39, 0.29) is 5.69 Å². The second-order valence-electron chi connectivity index (χ2n) is 6.73. The Hall–Kier alpha value is -2.70. The molecule has 0 aliphatic heterocycles. The van der Waals surface area contributed by atoms with Crippen LogP contribution in [0.1, 0.15) is 48.9 Å². The lowest BCUT2D eigenvalue weighted by molar-refractivity contribution is 0.0693. The Bertz CT molecular complexity index is 909. The van der Waals surface area contributed by atoms with Gasteiger partial charge in [-0.25, -0.2) is 18.5 Å². The van der Waals surface area contributed by atoms with Crippen molar-refractivity contribution in [2.24, 2.45) is 5.92 Å². The summed E-state index contributed by atoms with van der Waals surface area (Å²) < 4.78 is 15.2. The van der Waals surface area contributed by atoms with Gasteiger partial charge in [-0.15, -0.1) is 0 Å². The first-order valence-corrected chi connectivity index (χ1v) is 8.83. The largest absolute Gasteiger partial charge is 0.477 e. The summed E-state index contributed by atoms with van der Waals surface area (Å²) >= 11 is 0. The molecule has 0 unspecified atom stereocenters. The SMILES string of the molecule is O=C(O)c1cn(CCC2CCCCC2)c(=O)n(-c2ccc(F)cc2)c1=O. The third kappa shape index (κ3) is 3.76. The second-order valence-corrected chi connectivity index (χ2v) is 6.73. The van der Waals surface area contributed by atoms with Crippen LogP contribution in [0.2, 0.25) is 0 Å². The number of aromatic carboxylic acids is 1. The van der Waals surface area contributed by atoms with Crippen molar-refractivity contribution in [1.29, 1.82) is 0 Å². The monoisotopic (exact) mass is 360 g/mol. The molecule has 1 aliphatic carbocycles. The first-order valence-electron chi connectivity index (χ1n) is 8.83. The van der Waals surface area contributed by atoms with Gasteiger partial charge in [0, 0.05) is 12.7 Å². The van der Waals surface area contributed by atoms with E-state index in [1.54, 1.807) is 0 Å². The van der Waals surface area contributed by atoms with Gasteiger partial charge in [0.1, 0.15) is 11.4 Å². The summed E-state index contributed by atoms with van der Waals surface area (Å²) in [5.74, 6) is -1.39. The normalized spacial score (nSPS) is 15.1. The predicted molar refractivity (Wildman–Crippen MR) is 94.4 cm³/mol. The Morgan fingerprint density at radius 2 is 1.77 bits per heavy atom. The highest BCUT2D eigenvalue weighted by atomic mass is 19.1. The number of nitrogens with zero attached hydrogens (tertiary/aromatic N) is 2. The third-order valence-electron chi connectivity index (χ3n) is 4.97. The molecule has 1 N–H and O–H groups in total. The summed E-state index contributed by atoms with van der Waals surface area (Å²) in [5, 5.41) is 9.32. The van der Waals surface area contributed by atoms with Gasteiger partial charge in [0.15, 0.2) is 0 Å². The molecule has 1 aliphatic rings. The lowest BCUT2D eigenvalue weighted by Gasteiger charge is -2.22. The number of carboxylic acid groups (broad SMARTS) is 1. The fraction of sp³-hybridized carbons (Fsp3) is 0.421. The zero-order chi connectivity index (χ0) is 18.7. The molecule has 1 aromatic carbocycles. The molecule has 138 valence electrons. The minimum absolute atomic E-state index is 0.149. The van der Waals surface area contributed by atoms with Gasteiger partial charge in [-0.1, -0.05) is 32.1 Å². The van der Waals surface area contributed by atoms with Crippen LogP contribution in [0.25, 0.3) is 5.69 Å². The topological polar surface area (TPSA) is 81.3 Å². The molecule has 7 heteroatoms. The quantitative estimate of drug-likeness (QED) is 0.889. The van der Waals surface area contributed by atoms with Crippen molar-refractivity contribution in [3.63, 3.8) is 0 Å². The molecule has 1 aromatic heterocycles. The van der Waals surface area contributed by atoms with E-state index >= 15 is 0 Å². The molecule has 3 rings (SSSR count). The van der Waals surface area contributed by atoms with Crippen LogP contribution in [0.4, 0.5) is 4.39 Å². The van der Waals surface area contributed by atoms with E-state index < -0.39 is 28.6 Å². The predicted octanol–water partition coefficient (Wildman–Crippen LogP) is 2.81. The van der Waals surface area contributed by atoms with E-state index in [1.807, 2.05) is 0 Å². The molecular formula is C19H21FN2O4. The van der Waals surface area contributed by atoms with Crippen LogP contribution in [0.5, 0.6) is 0 Å². The highest BCUT2D eigenvalue weighted by Crippen LogP contribution is 2.26. The number of halogens is 1. The van der Waals surface area contributed by atoms with Crippen LogP contribution in [0.3, 0.4) is 0 Å². The maximum atomic E-state index is 13.2. The van der Waals surface area contributed by atoms with E-state index in [4.69, 9.17) is 0 Å². The van der Waals surface area contributed by atoms with Crippen LogP contribution < -0.4 is 11.2 Å². The van der Waals surface area contributed by atoms with Gasteiger partial charge >= 0.3 is 11.7 Å². The molecular weight excluding hydrogens is 339 g/mol. The van der Waals surface area contributed by atoms with E-state index in [2.05, 4.69) is 0 Å². The van der Waals surface area contributed by atoms with Crippen LogP contribution in [-0.2, 0) is 6.54 Å². The van der Waals surface area contributed by atoms with Crippen molar-refractivity contribution in [3.05, 3.63) is 62.7 Å². The fourth-order valence-corrected chi connectivity index (χ4v) is 3.52. The number of carbonyl (C=O) groups is 1. The second kappa shape index (κ2) is 7.68. The molecule has 26 heavy (non-hydrogen) atoms. The molecule has 0 amide bonds. The standard InChI is InChI=1S/C19H21FN2O4/c20-14-6-8-15(9-7-14)22-17(23)16(18(24)25)12-21(19(22)26)11-10-13-4-2-1-3-5-13/h6-9,12-13H,1-5,10-11H2,(H,24,25). The van der Waals surface area contributed by atoms with Gasteiger partial charge in [0.05, 0.1) is 5.69 Å². The lowest BCUT2D eigenvalue weighted by atomic mass is 9.87. The van der Waals surface area contributed by atoms with Crippen molar-refractivity contribution in [2.45, 2.75) is 45.1 Å². The van der Waals surface area contributed by atoms with E-state index in [1.165, 1.54) is 36.0 Å². The molecule has 1 heterocycles. The summed E-state index contributed by atoms with van der Waals surface area (Å²) in [6.45, 7) is 0.352. The highest BCUT2D eigenvalue weighted by molar-refractivity contribution is 5.86. The van der Waals surface area contributed by atoms with E-state index in [0.29, 0.717) is 12.5 Å². The van der Waals surface area contributed by atoms with Crippen molar-refractivity contribution < 1.29 is 14.3 Å². The maximum absolute atomic E-state index is 13.2. The van der Waals surface area contributed by atoms with Gasteiger partial charge < -0.3 is 5.11 Å². The van der Waals surface area contributed by atoms with Crippen molar-refractivity contribution >= 4 is 5.97 Å². The Balaban J connectivity index is 2.01. The first-order chi connectivity index (χ1) is 12.5. The van der Waals surface area contributed by atoms with Crippen molar-refractivity contribution in [3.8, 4) is 5.69 Å². The minimum Gasteiger partial charge on any atom is -0.477 e. The van der Waals surface area contributed by atoms with Crippen LogP contribution in [0, 0.1) is 11.7 Å². The van der Waals surface area contributed by atoms with Crippen molar-refractivity contribution in [2.75, 3.05) is 0 Å². The number of aryl methyl sites for hydroxylation is 1. The van der Waals surface area contributed by atoms with E-state index in [0.717, 1.165) is 42.2 Å². The van der Waals surface area contributed by atoms with Gasteiger partial charge in [-0.2, -0.15) is 0 Å². The molecule has 0 atom stereocenters. The average molecular weight is 360 g/mol. The molecule has 2 aromatic rings. The average Bonchev–Trinajstić information content (AvgIpc) is 2.63. The smallest absolute Gasteiger partial charge is 0.342 e. The number of carboxylic acids is 1. The summed E-state index contributed by atoms with van der Waals surface area (Å²) in [6, 6.07) is 4.83. The highest BCUT2D eigenvalue weighted by Gasteiger charge is 2.19. The van der Waals surface area contributed by atoms with Gasteiger partial charge in [0.2, 0.25) is 0 Å². The fourth-order valence-electron chi connectivity index (χ4n) is 3.52. The van der Waals surface area contributed by atoms with Crippen LogP contribution >= 0.6 is 0 Å².